The Bertz CT molecular complexity index is 1800. The molecular weight excluding hydrogens is 610 g/mol. The van der Waals surface area contributed by atoms with Gasteiger partial charge in [-0.05, 0) is 112 Å². The second-order valence-electron chi connectivity index (χ2n) is 13.0. The van der Waals surface area contributed by atoms with E-state index in [1.807, 2.05) is 52.0 Å². The standard InChI is InChI=1S/C34H38BFN2O7S/c1-33(2)34(3,4)45-35(44-33)27-13-6-20(16-29(27)42-5)14-15-38(46(40)41)19-23-17-28-26(18-25(23)21-7-8-21)30(32(37)39)31(43-28)22-9-11-24(36)12-10-22/h6,9-13,16-18,21H,7-8,14-15,19H2,1-5H3,(H2,37,39)(H,40,41)/p-1. The predicted octanol–water partition coefficient (Wildman–Crippen LogP) is 5.36. The number of methoxy groups -OCH3 is 1. The van der Waals surface area contributed by atoms with Gasteiger partial charge in [0.1, 0.15) is 22.9 Å². The first kappa shape index (κ1) is 32.4. The van der Waals surface area contributed by atoms with Crippen molar-refractivity contribution in [2.24, 2.45) is 5.73 Å². The summed E-state index contributed by atoms with van der Waals surface area (Å²) >= 11 is -2.51. The molecule has 1 saturated carbocycles. The van der Waals surface area contributed by atoms with Crippen LogP contribution in [0.2, 0.25) is 0 Å². The van der Waals surface area contributed by atoms with E-state index in [4.69, 9.17) is 24.2 Å². The van der Waals surface area contributed by atoms with Crippen molar-refractivity contribution in [3.8, 4) is 17.1 Å². The molecule has 1 amide bonds. The molecule has 1 saturated heterocycles. The minimum Gasteiger partial charge on any atom is -0.760 e. The second-order valence-corrected chi connectivity index (χ2v) is 13.9. The first-order chi connectivity index (χ1) is 21.8. The van der Waals surface area contributed by atoms with E-state index in [0.29, 0.717) is 28.7 Å². The number of carbonyl (C=O) groups is 1. The lowest BCUT2D eigenvalue weighted by Crippen LogP contribution is -2.41. The molecule has 2 heterocycles. The van der Waals surface area contributed by atoms with Crippen LogP contribution in [0.15, 0.2) is 59.0 Å². The molecule has 2 N–H and O–H groups in total. The Morgan fingerprint density at radius 2 is 1.76 bits per heavy atom. The number of amides is 1. The summed E-state index contributed by atoms with van der Waals surface area (Å²) in [7, 11) is 0.998. The highest BCUT2D eigenvalue weighted by atomic mass is 32.2. The normalized spacial score (nSPS) is 18.0. The van der Waals surface area contributed by atoms with Crippen LogP contribution in [0.1, 0.15) is 73.5 Å². The summed E-state index contributed by atoms with van der Waals surface area (Å²) in [6, 6.07) is 15.0. The van der Waals surface area contributed by atoms with E-state index in [0.717, 1.165) is 35.0 Å². The largest absolute Gasteiger partial charge is 0.760 e. The van der Waals surface area contributed by atoms with Crippen molar-refractivity contribution < 1.29 is 36.4 Å². The number of nitrogens with zero attached hydrogens (tertiary/aromatic N) is 1. The van der Waals surface area contributed by atoms with Crippen molar-refractivity contribution in [2.45, 2.75) is 70.6 Å². The Balaban J connectivity index is 1.26. The van der Waals surface area contributed by atoms with Crippen molar-refractivity contribution in [2.75, 3.05) is 13.7 Å². The van der Waals surface area contributed by atoms with Gasteiger partial charge < -0.3 is 28.7 Å². The molecule has 4 aromatic rings. The van der Waals surface area contributed by atoms with Gasteiger partial charge in [0, 0.05) is 40.8 Å². The summed E-state index contributed by atoms with van der Waals surface area (Å²) in [6.45, 7) is 8.31. The SMILES string of the molecule is COc1cc(CCN(Cc2cc3oc(-c4ccc(F)cc4)c(C(N)=O)c3cc2C2CC2)S(=O)[O-])ccc1B1OC(C)(C)C(C)(C)O1. The third-order valence-corrected chi connectivity index (χ3v) is 10.1. The molecule has 46 heavy (non-hydrogen) atoms. The topological polar surface area (TPSA) is 127 Å². The highest BCUT2D eigenvalue weighted by molar-refractivity contribution is 7.76. The predicted molar refractivity (Wildman–Crippen MR) is 174 cm³/mol. The molecule has 2 aliphatic rings. The molecule has 1 aliphatic carbocycles. The average Bonchev–Trinajstić information content (AvgIpc) is 3.73. The van der Waals surface area contributed by atoms with Crippen LogP contribution in [-0.4, -0.2) is 50.9 Å². The Hall–Kier alpha value is -3.55. The number of benzene rings is 3. The zero-order chi connectivity index (χ0) is 33.0. The van der Waals surface area contributed by atoms with Crippen LogP contribution >= 0.6 is 0 Å². The van der Waals surface area contributed by atoms with Gasteiger partial charge in [0.2, 0.25) is 0 Å². The summed E-state index contributed by atoms with van der Waals surface area (Å²) in [6.07, 6.45) is 2.36. The summed E-state index contributed by atoms with van der Waals surface area (Å²) in [5.74, 6) is 0.0347. The lowest BCUT2D eigenvalue weighted by Gasteiger charge is -2.32. The number of nitrogens with two attached hydrogens (primary N) is 1. The molecule has 1 aliphatic heterocycles. The molecule has 3 aromatic carbocycles. The van der Waals surface area contributed by atoms with Gasteiger partial charge in [-0.25, -0.2) is 8.70 Å². The zero-order valence-corrected chi connectivity index (χ0v) is 27.4. The fraction of sp³-hybridized carbons (Fsp3) is 0.382. The van der Waals surface area contributed by atoms with E-state index in [-0.39, 0.29) is 30.3 Å². The number of furan rings is 1. The Labute approximate surface area is 270 Å². The van der Waals surface area contributed by atoms with E-state index in [9.17, 15) is 17.9 Å². The highest BCUT2D eigenvalue weighted by Gasteiger charge is 2.52. The minimum absolute atomic E-state index is 0.125. The van der Waals surface area contributed by atoms with Gasteiger partial charge in [-0.3, -0.25) is 9.00 Å². The smallest absolute Gasteiger partial charge is 0.498 e. The Kier molecular flexibility index (Phi) is 8.62. The molecule has 0 spiro atoms. The van der Waals surface area contributed by atoms with Crippen molar-refractivity contribution in [1.29, 1.82) is 0 Å². The van der Waals surface area contributed by atoms with Crippen LogP contribution in [0, 0.1) is 5.82 Å². The number of fused-ring (bicyclic) bond motifs is 1. The quantitative estimate of drug-likeness (QED) is 0.172. The van der Waals surface area contributed by atoms with Crippen LogP contribution < -0.4 is 15.9 Å². The molecule has 9 nitrogen and oxygen atoms in total. The first-order valence-corrected chi connectivity index (χ1v) is 16.3. The number of rotatable bonds is 11. The summed E-state index contributed by atoms with van der Waals surface area (Å²) < 4.78 is 64.1. The van der Waals surface area contributed by atoms with E-state index < -0.39 is 41.3 Å². The molecule has 0 radical (unpaired) electrons. The maximum atomic E-state index is 13.6. The maximum Gasteiger partial charge on any atom is 0.498 e. The molecular formula is C34H37BFN2O7S-. The summed E-state index contributed by atoms with van der Waals surface area (Å²) in [4.78, 5) is 12.6. The molecule has 1 atom stereocenters. The van der Waals surface area contributed by atoms with E-state index in [1.165, 1.54) is 28.6 Å². The molecule has 1 aromatic heterocycles. The third-order valence-electron chi connectivity index (χ3n) is 9.33. The van der Waals surface area contributed by atoms with Crippen LogP contribution in [0.3, 0.4) is 0 Å². The van der Waals surface area contributed by atoms with E-state index >= 15 is 0 Å². The van der Waals surface area contributed by atoms with Crippen LogP contribution in [0.5, 0.6) is 5.75 Å². The Morgan fingerprint density at radius 3 is 2.35 bits per heavy atom. The molecule has 6 rings (SSSR count). The number of hydrogen-bond acceptors (Lipinski definition) is 7. The number of carbonyl (C=O) groups excluding carboxylic acids is 1. The van der Waals surface area contributed by atoms with Gasteiger partial charge in [0.15, 0.2) is 0 Å². The maximum absolute atomic E-state index is 13.6. The van der Waals surface area contributed by atoms with Gasteiger partial charge in [0.05, 0.1) is 23.9 Å². The van der Waals surface area contributed by atoms with Crippen LogP contribution in [0.25, 0.3) is 22.3 Å². The van der Waals surface area contributed by atoms with E-state index in [2.05, 4.69) is 0 Å². The Morgan fingerprint density at radius 1 is 1.09 bits per heavy atom. The van der Waals surface area contributed by atoms with Gasteiger partial charge in [-0.15, -0.1) is 0 Å². The van der Waals surface area contributed by atoms with Crippen molar-refractivity contribution in [3.05, 3.63) is 82.7 Å². The van der Waals surface area contributed by atoms with Crippen molar-refractivity contribution >= 4 is 40.7 Å². The lowest BCUT2D eigenvalue weighted by atomic mass is 9.78. The zero-order valence-electron chi connectivity index (χ0n) is 26.6. The first-order valence-electron chi connectivity index (χ1n) is 15.3. The fourth-order valence-electron chi connectivity index (χ4n) is 5.89. The molecule has 1 unspecified atom stereocenters. The minimum atomic E-state index is -2.51. The van der Waals surface area contributed by atoms with Gasteiger partial charge in [-0.1, -0.05) is 12.1 Å². The number of halogens is 1. The van der Waals surface area contributed by atoms with Gasteiger partial charge >= 0.3 is 7.12 Å². The fourth-order valence-corrected chi connectivity index (χ4v) is 6.37. The monoisotopic (exact) mass is 647 g/mol. The highest BCUT2D eigenvalue weighted by Crippen LogP contribution is 2.45. The molecule has 2 fully saturated rings. The van der Waals surface area contributed by atoms with E-state index in [1.54, 1.807) is 13.2 Å². The molecule has 0 bridgehead atoms. The average molecular weight is 648 g/mol. The number of ether oxygens (including phenoxy) is 1. The third kappa shape index (κ3) is 6.24. The van der Waals surface area contributed by atoms with Gasteiger partial charge in [-0.2, -0.15) is 0 Å². The number of primary amides is 1. The van der Waals surface area contributed by atoms with Gasteiger partial charge in [0.25, 0.3) is 5.91 Å². The van der Waals surface area contributed by atoms with Crippen molar-refractivity contribution in [3.63, 3.8) is 0 Å². The lowest BCUT2D eigenvalue weighted by molar-refractivity contribution is 0.00578. The number of hydrogen-bond donors (Lipinski definition) is 1. The summed E-state index contributed by atoms with van der Waals surface area (Å²) in [5.41, 5.74) is 9.36. The molecule has 242 valence electrons. The van der Waals surface area contributed by atoms with Crippen LogP contribution in [-0.2, 0) is 33.5 Å². The summed E-state index contributed by atoms with van der Waals surface area (Å²) in [5, 5.41) is 0.557. The van der Waals surface area contributed by atoms with Crippen molar-refractivity contribution in [1.82, 2.24) is 4.31 Å². The second kappa shape index (κ2) is 12.2. The molecule has 12 heteroatoms. The van der Waals surface area contributed by atoms with Crippen LogP contribution in [0.4, 0.5) is 4.39 Å².